The number of hydrogen-bond acceptors (Lipinski definition) is 5. The highest BCUT2D eigenvalue weighted by molar-refractivity contribution is 9.10. The number of halogens is 1. The predicted molar refractivity (Wildman–Crippen MR) is 121 cm³/mol. The van der Waals surface area contributed by atoms with Crippen molar-refractivity contribution in [3.8, 4) is 11.5 Å². The van der Waals surface area contributed by atoms with Crippen LogP contribution in [0.2, 0.25) is 0 Å². The molecule has 6 nitrogen and oxygen atoms in total. The molecule has 0 aliphatic rings. The number of hydrogen-bond donors (Lipinski definition) is 2. The zero-order valence-electron chi connectivity index (χ0n) is 16.8. The SMILES string of the molecule is CCCc1n[nH]c(=S)n1NCc1cc(OC)c(OCc2ccc(C)cc2)cc1Br. The van der Waals surface area contributed by atoms with Gasteiger partial charge in [-0.15, -0.1) is 0 Å². The van der Waals surface area contributed by atoms with Gasteiger partial charge in [0, 0.05) is 10.9 Å². The lowest BCUT2D eigenvalue weighted by atomic mass is 10.1. The van der Waals surface area contributed by atoms with Crippen LogP contribution in [0.3, 0.4) is 0 Å². The van der Waals surface area contributed by atoms with E-state index in [0.29, 0.717) is 29.4 Å². The Morgan fingerprint density at radius 1 is 1.21 bits per heavy atom. The molecule has 0 spiro atoms. The number of ether oxygens (including phenoxy) is 2. The molecular formula is C21H25BrN4O2S. The highest BCUT2D eigenvalue weighted by atomic mass is 79.9. The van der Waals surface area contributed by atoms with Gasteiger partial charge in [-0.2, -0.15) is 5.10 Å². The number of aromatic nitrogens is 3. The van der Waals surface area contributed by atoms with Crippen molar-refractivity contribution >= 4 is 28.1 Å². The summed E-state index contributed by atoms with van der Waals surface area (Å²) < 4.78 is 14.8. The van der Waals surface area contributed by atoms with Gasteiger partial charge in [-0.25, -0.2) is 4.68 Å². The average molecular weight is 477 g/mol. The van der Waals surface area contributed by atoms with Gasteiger partial charge >= 0.3 is 0 Å². The van der Waals surface area contributed by atoms with Crippen LogP contribution < -0.4 is 14.9 Å². The normalized spacial score (nSPS) is 10.8. The molecule has 2 aromatic carbocycles. The molecular weight excluding hydrogens is 452 g/mol. The van der Waals surface area contributed by atoms with Crippen molar-refractivity contribution in [3.63, 3.8) is 0 Å². The van der Waals surface area contributed by atoms with Gasteiger partial charge in [0.2, 0.25) is 4.77 Å². The van der Waals surface area contributed by atoms with Crippen molar-refractivity contribution in [2.75, 3.05) is 12.5 Å². The van der Waals surface area contributed by atoms with Crippen LogP contribution in [0.5, 0.6) is 11.5 Å². The van der Waals surface area contributed by atoms with Gasteiger partial charge in [-0.3, -0.25) is 5.10 Å². The van der Waals surface area contributed by atoms with E-state index in [1.807, 2.05) is 16.8 Å². The van der Waals surface area contributed by atoms with Crippen molar-refractivity contribution < 1.29 is 9.47 Å². The Labute approximate surface area is 184 Å². The lowest BCUT2D eigenvalue weighted by Gasteiger charge is -2.15. The van der Waals surface area contributed by atoms with Crippen LogP contribution in [0.4, 0.5) is 0 Å². The summed E-state index contributed by atoms with van der Waals surface area (Å²) >= 11 is 8.96. The molecule has 0 atom stereocenters. The van der Waals surface area contributed by atoms with Gasteiger partial charge in [0.25, 0.3) is 0 Å². The van der Waals surface area contributed by atoms with Crippen molar-refractivity contribution in [3.05, 3.63) is 68.2 Å². The van der Waals surface area contributed by atoms with Gasteiger partial charge in [0.15, 0.2) is 17.3 Å². The quantitative estimate of drug-likeness (QED) is 0.410. The number of nitrogens with zero attached hydrogens (tertiary/aromatic N) is 2. The van der Waals surface area contributed by atoms with E-state index in [1.165, 1.54) is 5.56 Å². The minimum absolute atomic E-state index is 0.477. The highest BCUT2D eigenvalue weighted by Crippen LogP contribution is 2.34. The molecule has 0 saturated heterocycles. The van der Waals surface area contributed by atoms with Crippen molar-refractivity contribution in [2.24, 2.45) is 0 Å². The molecule has 0 amide bonds. The van der Waals surface area contributed by atoms with Crippen molar-refractivity contribution in [2.45, 2.75) is 39.8 Å². The summed E-state index contributed by atoms with van der Waals surface area (Å²) in [6.07, 6.45) is 1.84. The molecule has 0 unspecified atom stereocenters. The number of rotatable bonds is 9. The fraction of sp³-hybridized carbons (Fsp3) is 0.333. The summed E-state index contributed by atoms with van der Waals surface area (Å²) in [7, 11) is 1.64. The molecule has 3 rings (SSSR count). The summed E-state index contributed by atoms with van der Waals surface area (Å²) in [5, 5.41) is 7.11. The molecule has 0 fully saturated rings. The number of H-pyrrole nitrogens is 1. The Hall–Kier alpha value is -2.32. The predicted octanol–water partition coefficient (Wildman–Crippen LogP) is 5.30. The second kappa shape index (κ2) is 9.93. The number of methoxy groups -OCH3 is 1. The van der Waals surface area contributed by atoms with Crippen LogP contribution in [0.1, 0.15) is 35.9 Å². The molecule has 8 heteroatoms. The Kier molecular flexibility index (Phi) is 7.33. The summed E-state index contributed by atoms with van der Waals surface area (Å²) in [4.78, 5) is 0. The molecule has 3 aromatic rings. The molecule has 0 bridgehead atoms. The zero-order valence-corrected chi connectivity index (χ0v) is 19.2. The first kappa shape index (κ1) is 21.4. The Morgan fingerprint density at radius 3 is 2.66 bits per heavy atom. The number of benzene rings is 2. The molecule has 1 heterocycles. The van der Waals surface area contributed by atoms with E-state index in [4.69, 9.17) is 21.7 Å². The van der Waals surface area contributed by atoms with E-state index in [0.717, 1.165) is 34.3 Å². The molecule has 0 aliphatic heterocycles. The monoisotopic (exact) mass is 476 g/mol. The summed E-state index contributed by atoms with van der Waals surface area (Å²) in [6, 6.07) is 12.2. The first-order chi connectivity index (χ1) is 14.0. The second-order valence-corrected chi connectivity index (χ2v) is 7.98. The smallest absolute Gasteiger partial charge is 0.214 e. The zero-order chi connectivity index (χ0) is 20.8. The maximum Gasteiger partial charge on any atom is 0.214 e. The largest absolute Gasteiger partial charge is 0.493 e. The molecule has 0 radical (unpaired) electrons. The van der Waals surface area contributed by atoms with Crippen LogP contribution in [-0.2, 0) is 19.6 Å². The van der Waals surface area contributed by atoms with E-state index in [9.17, 15) is 0 Å². The first-order valence-electron chi connectivity index (χ1n) is 9.46. The Balaban J connectivity index is 1.73. The third-order valence-corrected chi connectivity index (χ3v) is 5.50. The summed E-state index contributed by atoms with van der Waals surface area (Å²) in [6.45, 7) is 5.21. The topological polar surface area (TPSA) is 64.1 Å². The fourth-order valence-electron chi connectivity index (χ4n) is 2.88. The van der Waals surface area contributed by atoms with Gasteiger partial charge in [0.1, 0.15) is 6.61 Å². The molecule has 0 saturated carbocycles. The van der Waals surface area contributed by atoms with E-state index in [2.05, 4.69) is 69.7 Å². The maximum absolute atomic E-state index is 6.00. The van der Waals surface area contributed by atoms with E-state index in [-0.39, 0.29) is 0 Å². The van der Waals surface area contributed by atoms with Crippen molar-refractivity contribution in [1.29, 1.82) is 0 Å². The third-order valence-electron chi connectivity index (χ3n) is 4.49. The minimum Gasteiger partial charge on any atom is -0.493 e. The Morgan fingerprint density at radius 2 is 1.97 bits per heavy atom. The van der Waals surface area contributed by atoms with Gasteiger partial charge in [-0.1, -0.05) is 52.7 Å². The van der Waals surface area contributed by atoms with E-state index < -0.39 is 0 Å². The molecule has 0 aliphatic carbocycles. The van der Waals surface area contributed by atoms with Crippen LogP contribution >= 0.6 is 28.1 Å². The lowest BCUT2D eigenvalue weighted by Crippen LogP contribution is -2.18. The van der Waals surface area contributed by atoms with Crippen LogP contribution in [-0.4, -0.2) is 22.0 Å². The maximum atomic E-state index is 6.00. The molecule has 2 N–H and O–H groups in total. The van der Waals surface area contributed by atoms with Gasteiger partial charge < -0.3 is 14.9 Å². The third kappa shape index (κ3) is 5.39. The molecule has 1 aromatic heterocycles. The lowest BCUT2D eigenvalue weighted by molar-refractivity contribution is 0.284. The van der Waals surface area contributed by atoms with E-state index in [1.54, 1.807) is 7.11 Å². The Bertz CT molecular complexity index is 1010. The van der Waals surface area contributed by atoms with Gasteiger partial charge in [-0.05, 0) is 48.8 Å². The van der Waals surface area contributed by atoms with Crippen LogP contribution in [0.15, 0.2) is 40.9 Å². The van der Waals surface area contributed by atoms with Gasteiger partial charge in [0.05, 0.1) is 13.7 Å². The number of nitrogens with one attached hydrogen (secondary N) is 2. The first-order valence-corrected chi connectivity index (χ1v) is 10.7. The van der Waals surface area contributed by atoms with E-state index >= 15 is 0 Å². The number of aromatic amines is 1. The number of aryl methyl sites for hydroxylation is 2. The minimum atomic E-state index is 0.477. The second-order valence-electron chi connectivity index (χ2n) is 6.73. The molecule has 29 heavy (non-hydrogen) atoms. The standard InChI is InChI=1S/C21H25BrN4O2S/c1-4-5-20-24-25-21(29)26(20)23-12-16-10-18(27-3)19(11-17(16)22)28-13-15-8-6-14(2)7-9-15/h6-11,23H,4-5,12-13H2,1-3H3,(H,25,29). The van der Waals surface area contributed by atoms with Crippen LogP contribution in [0, 0.1) is 11.7 Å². The average Bonchev–Trinajstić information content (AvgIpc) is 3.06. The summed E-state index contributed by atoms with van der Waals surface area (Å²) in [5.74, 6) is 2.26. The van der Waals surface area contributed by atoms with Crippen molar-refractivity contribution in [1.82, 2.24) is 14.9 Å². The molecule has 154 valence electrons. The van der Waals surface area contributed by atoms with Crippen LogP contribution in [0.25, 0.3) is 0 Å². The summed E-state index contributed by atoms with van der Waals surface area (Å²) in [5.41, 5.74) is 6.69. The fourth-order valence-corrected chi connectivity index (χ4v) is 3.56. The highest BCUT2D eigenvalue weighted by Gasteiger charge is 2.12.